The van der Waals surface area contributed by atoms with E-state index in [9.17, 15) is 35.8 Å². The van der Waals surface area contributed by atoms with Gasteiger partial charge in [0.05, 0.1) is 16.2 Å². The summed E-state index contributed by atoms with van der Waals surface area (Å²) < 4.78 is 67.8. The fourth-order valence-corrected chi connectivity index (χ4v) is 8.53. The Balaban J connectivity index is 1.60. The van der Waals surface area contributed by atoms with Gasteiger partial charge < -0.3 is 15.3 Å². The molecule has 56 heavy (non-hydrogen) atoms. The van der Waals surface area contributed by atoms with Gasteiger partial charge in [-0.2, -0.15) is 16.8 Å². The number of hydrogen-bond acceptors (Lipinski definition) is 7. The summed E-state index contributed by atoms with van der Waals surface area (Å²) in [5.41, 5.74) is 8.19. The van der Waals surface area contributed by atoms with Crippen molar-refractivity contribution in [3.63, 3.8) is 0 Å². The Kier molecular flexibility index (Phi) is 12.4. The Labute approximate surface area is 331 Å². The second kappa shape index (κ2) is 16.4. The summed E-state index contributed by atoms with van der Waals surface area (Å²) in [5, 5.41) is 12.9. The molecule has 0 atom stereocenters. The fourth-order valence-electron chi connectivity index (χ4n) is 7.51. The van der Waals surface area contributed by atoms with E-state index in [1.54, 1.807) is 30.3 Å². The summed E-state index contributed by atoms with van der Waals surface area (Å²) in [6, 6.07) is 16.6. The van der Waals surface area contributed by atoms with E-state index >= 15 is 0 Å². The summed E-state index contributed by atoms with van der Waals surface area (Å²) in [6.07, 6.45) is 12.4. The van der Waals surface area contributed by atoms with Gasteiger partial charge in [-0.25, -0.2) is 0 Å². The number of aliphatic carboxylic acids is 1. The first-order valence-corrected chi connectivity index (χ1v) is 21.6. The molecule has 1 heterocycles. The van der Waals surface area contributed by atoms with Gasteiger partial charge in [-0.15, -0.1) is 0 Å². The van der Waals surface area contributed by atoms with Crippen LogP contribution in [-0.2, 0) is 42.3 Å². The standard InChI is InChI=1S/C44H52N2O8S2/c1-8-9-25-46-39-23-22-36(56(52,53)54)28-38(39)44(6,7)40(46)24-18-33-12-10-11-32(42(33)45-34-19-15-31(16-20-34)26-41(47)48)17-14-30(3)43(4,5)37-27-35(55(49,50)51)21-13-29(37)2/h13-24,27-28,45H,3,8-12,25-26H2,1-2,4-7H3,(H,47,48)(H,49,50,51)(H,52,53,54)/b17-14+,33-18+,40-24+. The van der Waals surface area contributed by atoms with Crippen molar-refractivity contribution in [1.82, 2.24) is 0 Å². The van der Waals surface area contributed by atoms with Crippen molar-refractivity contribution in [3.8, 4) is 0 Å². The molecule has 0 aromatic heterocycles. The maximum atomic E-state index is 12.1. The van der Waals surface area contributed by atoms with E-state index in [0.29, 0.717) is 5.56 Å². The minimum absolute atomic E-state index is 0.0847. The molecule has 5 rings (SSSR count). The normalized spacial score (nSPS) is 17.5. The van der Waals surface area contributed by atoms with Gasteiger partial charge >= 0.3 is 5.97 Å². The van der Waals surface area contributed by atoms with Gasteiger partial charge in [0, 0.05) is 40.1 Å². The van der Waals surface area contributed by atoms with Crippen molar-refractivity contribution in [3.05, 3.63) is 142 Å². The molecule has 0 fully saturated rings. The molecule has 10 nitrogen and oxygen atoms in total. The van der Waals surface area contributed by atoms with Gasteiger partial charge in [-0.1, -0.05) is 84.0 Å². The molecule has 3 aromatic carbocycles. The molecule has 0 radical (unpaired) electrons. The number of hydrogen-bond donors (Lipinski definition) is 4. The maximum Gasteiger partial charge on any atom is 0.307 e. The first-order valence-electron chi connectivity index (χ1n) is 18.7. The first-order chi connectivity index (χ1) is 26.1. The highest BCUT2D eigenvalue weighted by Gasteiger charge is 2.40. The Hall–Kier alpha value is -4.75. The number of nitrogens with zero attached hydrogens (tertiary/aromatic N) is 1. The number of allylic oxidation sites excluding steroid dienone is 8. The number of rotatable bonds is 14. The molecule has 0 amide bonds. The van der Waals surface area contributed by atoms with Crippen LogP contribution in [0.5, 0.6) is 0 Å². The van der Waals surface area contributed by atoms with Crippen molar-refractivity contribution in [2.24, 2.45) is 0 Å². The predicted octanol–water partition coefficient (Wildman–Crippen LogP) is 9.46. The smallest absolute Gasteiger partial charge is 0.307 e. The van der Waals surface area contributed by atoms with Crippen molar-refractivity contribution in [2.45, 2.75) is 101 Å². The number of benzene rings is 3. The van der Waals surface area contributed by atoms with Crippen LogP contribution in [0.2, 0.25) is 0 Å². The van der Waals surface area contributed by atoms with Gasteiger partial charge in [0.15, 0.2) is 0 Å². The molecular weight excluding hydrogens is 749 g/mol. The summed E-state index contributed by atoms with van der Waals surface area (Å²) in [5.74, 6) is -0.909. The van der Waals surface area contributed by atoms with E-state index in [4.69, 9.17) is 0 Å². The fraction of sp³-hybridized carbons (Fsp3) is 0.341. The van der Waals surface area contributed by atoms with E-state index in [1.165, 1.54) is 18.2 Å². The van der Waals surface area contributed by atoms with Gasteiger partial charge in [-0.05, 0) is 120 Å². The molecule has 2 aliphatic rings. The van der Waals surface area contributed by atoms with Crippen LogP contribution in [0.3, 0.4) is 0 Å². The second-order valence-corrected chi connectivity index (χ2v) is 18.5. The maximum absolute atomic E-state index is 12.1. The summed E-state index contributed by atoms with van der Waals surface area (Å²) in [6.45, 7) is 17.2. The Bertz CT molecular complexity index is 2380. The van der Waals surface area contributed by atoms with Crippen LogP contribution < -0.4 is 10.2 Å². The van der Waals surface area contributed by atoms with Crippen LogP contribution in [-0.4, -0.2) is 43.6 Å². The Morgan fingerprint density at radius 2 is 1.59 bits per heavy atom. The lowest BCUT2D eigenvalue weighted by atomic mass is 9.76. The zero-order valence-corrected chi connectivity index (χ0v) is 34.5. The molecule has 12 heteroatoms. The van der Waals surface area contributed by atoms with E-state index < -0.39 is 37.0 Å². The van der Waals surface area contributed by atoms with Crippen molar-refractivity contribution >= 4 is 37.6 Å². The number of carboxylic acid groups (broad SMARTS) is 1. The molecule has 0 saturated heterocycles. The highest BCUT2D eigenvalue weighted by atomic mass is 32.2. The monoisotopic (exact) mass is 800 g/mol. The molecule has 0 spiro atoms. The Morgan fingerprint density at radius 1 is 0.946 bits per heavy atom. The number of anilines is 2. The second-order valence-electron chi connectivity index (χ2n) is 15.6. The molecule has 1 aliphatic heterocycles. The van der Waals surface area contributed by atoms with E-state index in [1.807, 2.05) is 45.1 Å². The van der Waals surface area contributed by atoms with Crippen LogP contribution in [0.25, 0.3) is 0 Å². The summed E-state index contributed by atoms with van der Waals surface area (Å²) in [4.78, 5) is 13.2. The molecule has 0 bridgehead atoms. The van der Waals surface area contributed by atoms with Gasteiger partial charge in [0.1, 0.15) is 0 Å². The molecule has 0 saturated carbocycles. The van der Waals surface area contributed by atoms with Crippen molar-refractivity contribution < 1.29 is 35.8 Å². The molecule has 3 aromatic rings. The highest BCUT2D eigenvalue weighted by Crippen LogP contribution is 2.49. The zero-order chi connectivity index (χ0) is 41.2. The van der Waals surface area contributed by atoms with E-state index in [-0.39, 0.29) is 16.2 Å². The van der Waals surface area contributed by atoms with Crippen LogP contribution in [0.15, 0.2) is 129 Å². The third kappa shape index (κ3) is 9.26. The Morgan fingerprint density at radius 3 is 2.21 bits per heavy atom. The third-order valence-corrected chi connectivity index (χ3v) is 12.6. The molecule has 4 N–H and O–H groups in total. The number of carboxylic acids is 1. The van der Waals surface area contributed by atoms with Crippen molar-refractivity contribution in [2.75, 3.05) is 16.8 Å². The SMILES string of the molecule is C=C(/C=C/C1=C(Nc2ccc(CC(=O)O)cc2)C(=C/C=C2/N(CCCC)c3ccc(S(=O)(=O)O)cc3C2(C)C)/CCC1)C(C)(C)c1cc(S(=O)(=O)O)ccc1C. The average molecular weight is 801 g/mol. The number of carbonyl (C=O) groups is 1. The number of aryl methyl sites for hydroxylation is 1. The first kappa shape index (κ1) is 42.4. The topological polar surface area (TPSA) is 161 Å². The van der Waals surface area contributed by atoms with Crippen LogP contribution in [0, 0.1) is 6.92 Å². The zero-order valence-electron chi connectivity index (χ0n) is 32.9. The van der Waals surface area contributed by atoms with Gasteiger partial charge in [0.2, 0.25) is 0 Å². The van der Waals surface area contributed by atoms with Gasteiger partial charge in [0.25, 0.3) is 20.2 Å². The highest BCUT2D eigenvalue weighted by molar-refractivity contribution is 7.86. The molecule has 0 unspecified atom stereocenters. The lowest BCUT2D eigenvalue weighted by Crippen LogP contribution is -2.27. The minimum Gasteiger partial charge on any atom is -0.481 e. The van der Waals surface area contributed by atoms with E-state index in [2.05, 4.69) is 49.7 Å². The molecule has 298 valence electrons. The summed E-state index contributed by atoms with van der Waals surface area (Å²) >= 11 is 0. The van der Waals surface area contributed by atoms with E-state index in [0.717, 1.165) is 94.8 Å². The lowest BCUT2D eigenvalue weighted by molar-refractivity contribution is -0.136. The number of nitrogens with one attached hydrogen (secondary N) is 1. The van der Waals surface area contributed by atoms with Crippen LogP contribution >= 0.6 is 0 Å². The minimum atomic E-state index is -4.40. The largest absolute Gasteiger partial charge is 0.481 e. The molecule has 1 aliphatic carbocycles. The van der Waals surface area contributed by atoms with Gasteiger partial charge in [-0.3, -0.25) is 13.9 Å². The van der Waals surface area contributed by atoms with Crippen LogP contribution in [0.4, 0.5) is 11.4 Å². The third-order valence-electron chi connectivity index (χ3n) is 10.9. The lowest BCUT2D eigenvalue weighted by Gasteiger charge is -2.29. The number of unbranched alkanes of at least 4 members (excludes halogenated alkanes) is 1. The average Bonchev–Trinajstić information content (AvgIpc) is 3.33. The number of fused-ring (bicyclic) bond motifs is 1. The molecular formula is C44H52N2O8S2. The summed E-state index contributed by atoms with van der Waals surface area (Å²) in [7, 11) is -8.80. The van der Waals surface area contributed by atoms with Crippen molar-refractivity contribution in [1.29, 1.82) is 0 Å². The quantitative estimate of drug-likeness (QED) is 0.0913. The predicted molar refractivity (Wildman–Crippen MR) is 222 cm³/mol. The van der Waals surface area contributed by atoms with Crippen LogP contribution in [0.1, 0.15) is 89.0 Å².